The van der Waals surface area contributed by atoms with Crippen LogP contribution in [0, 0.1) is 0 Å². The molecule has 5 rings (SSSR count). The van der Waals surface area contributed by atoms with E-state index in [4.69, 9.17) is 4.74 Å². The molecule has 0 radical (unpaired) electrons. The van der Waals surface area contributed by atoms with Crippen molar-refractivity contribution in [3.8, 4) is 16.9 Å². The molecule has 0 saturated carbocycles. The number of fused-ring (bicyclic) bond motifs is 2. The quantitative estimate of drug-likeness (QED) is 0.466. The van der Waals surface area contributed by atoms with E-state index in [0.717, 1.165) is 22.6 Å². The van der Waals surface area contributed by atoms with Gasteiger partial charge in [-0.3, -0.25) is 4.79 Å². The van der Waals surface area contributed by atoms with E-state index in [9.17, 15) is 4.79 Å². The molecule has 3 aromatic carbocycles. The van der Waals surface area contributed by atoms with E-state index in [0.29, 0.717) is 6.42 Å². The molecule has 138 valence electrons. The number of hydrogen-bond acceptors (Lipinski definition) is 3. The first-order valence-corrected chi connectivity index (χ1v) is 10.2. The van der Waals surface area contributed by atoms with Gasteiger partial charge in [0.1, 0.15) is 5.75 Å². The van der Waals surface area contributed by atoms with Crippen LogP contribution in [0.3, 0.4) is 0 Å². The predicted molar refractivity (Wildman–Crippen MR) is 115 cm³/mol. The maximum atomic E-state index is 12.6. The van der Waals surface area contributed by atoms with E-state index in [1.165, 1.54) is 21.2 Å². The lowest BCUT2D eigenvalue weighted by molar-refractivity contribution is -0.116. The van der Waals surface area contributed by atoms with Crippen LogP contribution in [0.2, 0.25) is 0 Å². The minimum Gasteiger partial charge on any atom is -0.497 e. The van der Waals surface area contributed by atoms with Crippen LogP contribution < -0.4 is 10.1 Å². The molecular formula is C24H19NO2S. The van der Waals surface area contributed by atoms with Crippen LogP contribution >= 0.6 is 11.3 Å². The number of carbonyl (C=O) groups excluding carboxylic acids is 1. The van der Waals surface area contributed by atoms with E-state index < -0.39 is 0 Å². The summed E-state index contributed by atoms with van der Waals surface area (Å²) in [5, 5.41) is 7.70. The lowest BCUT2D eigenvalue weighted by Gasteiger charge is -2.25. The maximum Gasteiger partial charge on any atom is 0.225 e. The third kappa shape index (κ3) is 2.77. The first kappa shape index (κ1) is 17.0. The van der Waals surface area contributed by atoms with E-state index in [1.54, 1.807) is 18.4 Å². The summed E-state index contributed by atoms with van der Waals surface area (Å²) in [6.45, 7) is 0. The molecule has 1 amide bonds. The molecule has 4 aromatic rings. The molecule has 0 unspecified atom stereocenters. The molecule has 1 atom stereocenters. The van der Waals surface area contributed by atoms with Gasteiger partial charge < -0.3 is 10.1 Å². The van der Waals surface area contributed by atoms with Gasteiger partial charge in [0, 0.05) is 28.2 Å². The second-order valence-electron chi connectivity index (χ2n) is 6.99. The predicted octanol–water partition coefficient (Wildman–Crippen LogP) is 6.05. The molecule has 0 aliphatic carbocycles. The van der Waals surface area contributed by atoms with Crippen molar-refractivity contribution in [3.63, 3.8) is 0 Å². The van der Waals surface area contributed by atoms with Gasteiger partial charge in [-0.15, -0.1) is 11.3 Å². The fourth-order valence-corrected chi connectivity index (χ4v) is 5.17. The molecule has 3 nitrogen and oxygen atoms in total. The van der Waals surface area contributed by atoms with E-state index in [-0.39, 0.29) is 11.8 Å². The van der Waals surface area contributed by atoms with Gasteiger partial charge in [-0.2, -0.15) is 0 Å². The Labute approximate surface area is 167 Å². The van der Waals surface area contributed by atoms with Crippen molar-refractivity contribution in [2.24, 2.45) is 0 Å². The molecule has 1 aromatic heterocycles. The Morgan fingerprint density at radius 1 is 1.00 bits per heavy atom. The molecule has 0 spiro atoms. The molecule has 1 N–H and O–H groups in total. The SMILES string of the molecule is COc1ccc(-c2csc3c2NC(=O)C[C@@H]3c2cccc3ccccc23)cc1. The fraction of sp³-hybridized carbons (Fsp3) is 0.125. The van der Waals surface area contributed by atoms with Crippen molar-refractivity contribution in [2.45, 2.75) is 12.3 Å². The summed E-state index contributed by atoms with van der Waals surface area (Å²) in [5.41, 5.74) is 4.32. The number of carbonyl (C=O) groups is 1. The lowest BCUT2D eigenvalue weighted by atomic mass is 9.86. The zero-order valence-electron chi connectivity index (χ0n) is 15.4. The molecule has 4 heteroatoms. The van der Waals surface area contributed by atoms with Gasteiger partial charge in [-0.05, 0) is 34.0 Å². The summed E-state index contributed by atoms with van der Waals surface area (Å²) in [5.74, 6) is 0.968. The average Bonchev–Trinajstić information content (AvgIpc) is 3.16. The van der Waals surface area contributed by atoms with Gasteiger partial charge in [-0.1, -0.05) is 54.6 Å². The highest BCUT2D eigenvalue weighted by atomic mass is 32.1. The third-order valence-electron chi connectivity index (χ3n) is 5.39. The van der Waals surface area contributed by atoms with Gasteiger partial charge in [0.15, 0.2) is 0 Å². The van der Waals surface area contributed by atoms with Crippen molar-refractivity contribution in [2.75, 3.05) is 12.4 Å². The number of thiophene rings is 1. The average molecular weight is 385 g/mol. The van der Waals surface area contributed by atoms with Gasteiger partial charge in [0.2, 0.25) is 5.91 Å². The molecule has 1 aliphatic rings. The Balaban J connectivity index is 1.64. The first-order valence-electron chi connectivity index (χ1n) is 9.28. The van der Waals surface area contributed by atoms with Crippen LogP contribution in [0.25, 0.3) is 21.9 Å². The highest BCUT2D eigenvalue weighted by Gasteiger charge is 2.31. The number of amides is 1. The van der Waals surface area contributed by atoms with Crippen LogP contribution in [0.4, 0.5) is 5.69 Å². The van der Waals surface area contributed by atoms with E-state index >= 15 is 0 Å². The summed E-state index contributed by atoms with van der Waals surface area (Å²) in [6.07, 6.45) is 0.476. The monoisotopic (exact) mass is 385 g/mol. The highest BCUT2D eigenvalue weighted by Crippen LogP contribution is 2.47. The summed E-state index contributed by atoms with van der Waals surface area (Å²) < 4.78 is 5.26. The molecule has 0 bridgehead atoms. The lowest BCUT2D eigenvalue weighted by Crippen LogP contribution is -2.22. The number of methoxy groups -OCH3 is 1. The standard InChI is InChI=1S/C24H19NO2S/c1-27-17-11-9-16(10-12-17)21-14-28-24-20(13-22(26)25-23(21)24)19-8-4-6-15-5-2-3-7-18(15)19/h2-12,14,20H,13H2,1H3,(H,25,26)/t20-/m1/s1. The van der Waals surface area contributed by atoms with E-state index in [2.05, 4.69) is 53.2 Å². The summed E-state index contributed by atoms with van der Waals surface area (Å²) in [6, 6.07) is 22.7. The normalized spacial score (nSPS) is 15.9. The van der Waals surface area contributed by atoms with Gasteiger partial charge in [0.25, 0.3) is 0 Å². The van der Waals surface area contributed by atoms with Crippen LogP contribution in [-0.4, -0.2) is 13.0 Å². The van der Waals surface area contributed by atoms with Gasteiger partial charge >= 0.3 is 0 Å². The summed E-state index contributed by atoms with van der Waals surface area (Å²) >= 11 is 1.72. The fourth-order valence-electron chi connectivity index (χ4n) is 4.02. The Hall–Kier alpha value is -3.11. The Kier molecular flexibility index (Phi) is 4.14. The summed E-state index contributed by atoms with van der Waals surface area (Å²) in [7, 11) is 1.66. The number of benzene rings is 3. The van der Waals surface area contributed by atoms with Gasteiger partial charge in [0.05, 0.1) is 12.8 Å². The minimum atomic E-state index is 0.0681. The second kappa shape index (κ2) is 6.80. The van der Waals surface area contributed by atoms with Crippen LogP contribution in [0.15, 0.2) is 72.1 Å². The Morgan fingerprint density at radius 3 is 2.61 bits per heavy atom. The van der Waals surface area contributed by atoms with Crippen molar-refractivity contribution in [1.29, 1.82) is 0 Å². The zero-order valence-corrected chi connectivity index (χ0v) is 16.3. The number of rotatable bonds is 3. The smallest absolute Gasteiger partial charge is 0.225 e. The van der Waals surface area contributed by atoms with Crippen LogP contribution in [-0.2, 0) is 4.79 Å². The number of ether oxygens (including phenoxy) is 1. The molecule has 1 aliphatic heterocycles. The molecule has 2 heterocycles. The Morgan fingerprint density at radius 2 is 1.79 bits per heavy atom. The topological polar surface area (TPSA) is 38.3 Å². The number of nitrogens with one attached hydrogen (secondary N) is 1. The number of anilines is 1. The van der Waals surface area contributed by atoms with Crippen LogP contribution in [0.5, 0.6) is 5.75 Å². The van der Waals surface area contributed by atoms with Crippen molar-refractivity contribution < 1.29 is 9.53 Å². The highest BCUT2D eigenvalue weighted by molar-refractivity contribution is 7.11. The minimum absolute atomic E-state index is 0.0681. The second-order valence-corrected chi connectivity index (χ2v) is 7.90. The van der Waals surface area contributed by atoms with Gasteiger partial charge in [-0.25, -0.2) is 0 Å². The molecular weight excluding hydrogens is 366 g/mol. The van der Waals surface area contributed by atoms with Crippen LogP contribution in [0.1, 0.15) is 22.8 Å². The maximum absolute atomic E-state index is 12.6. The van der Waals surface area contributed by atoms with Crippen molar-refractivity contribution in [1.82, 2.24) is 0 Å². The first-order chi connectivity index (χ1) is 13.7. The Bertz CT molecular complexity index is 1170. The van der Waals surface area contributed by atoms with Crippen molar-refractivity contribution >= 4 is 33.7 Å². The molecule has 0 fully saturated rings. The number of hydrogen-bond donors (Lipinski definition) is 1. The van der Waals surface area contributed by atoms with Crippen molar-refractivity contribution in [3.05, 3.63) is 82.6 Å². The summed E-state index contributed by atoms with van der Waals surface area (Å²) in [4.78, 5) is 13.8. The molecule has 0 saturated heterocycles. The zero-order chi connectivity index (χ0) is 19.1. The third-order valence-corrected chi connectivity index (χ3v) is 6.49. The molecule has 28 heavy (non-hydrogen) atoms. The van der Waals surface area contributed by atoms with E-state index in [1.807, 2.05) is 24.3 Å². The largest absolute Gasteiger partial charge is 0.497 e.